The van der Waals surface area contributed by atoms with Crippen molar-refractivity contribution in [2.24, 2.45) is 0 Å². The number of benzene rings is 2. The Bertz CT molecular complexity index is 1210. The van der Waals surface area contributed by atoms with Crippen LogP contribution < -0.4 is 15.7 Å². The van der Waals surface area contributed by atoms with Gasteiger partial charge in [0.05, 0.1) is 17.1 Å². The first-order chi connectivity index (χ1) is 13.9. The number of ether oxygens (including phenoxy) is 1. The lowest BCUT2D eigenvalue weighted by molar-refractivity contribution is -0.123. The maximum Gasteiger partial charge on any atom is 0.344 e. The molecule has 0 spiro atoms. The van der Waals surface area contributed by atoms with E-state index in [-0.39, 0.29) is 30.1 Å². The van der Waals surface area contributed by atoms with Gasteiger partial charge in [0, 0.05) is 11.4 Å². The number of nitrogens with one attached hydrogen (secondary N) is 1. The van der Waals surface area contributed by atoms with Gasteiger partial charge in [0.25, 0.3) is 5.91 Å². The highest BCUT2D eigenvalue weighted by molar-refractivity contribution is 7.91. The number of carbonyl (C=O) groups is 1. The fourth-order valence-corrected chi connectivity index (χ4v) is 4.99. The molecule has 2 heterocycles. The predicted octanol–water partition coefficient (Wildman–Crippen LogP) is 2.14. The van der Waals surface area contributed by atoms with Crippen molar-refractivity contribution in [1.29, 1.82) is 0 Å². The van der Waals surface area contributed by atoms with E-state index in [1.165, 1.54) is 0 Å². The third kappa shape index (κ3) is 4.48. The highest BCUT2D eigenvalue weighted by Crippen LogP contribution is 2.23. The van der Waals surface area contributed by atoms with Crippen LogP contribution in [0.15, 0.2) is 63.8 Å². The van der Waals surface area contributed by atoms with Gasteiger partial charge in [-0.05, 0) is 36.2 Å². The first-order valence-electron chi connectivity index (χ1n) is 9.15. The van der Waals surface area contributed by atoms with E-state index < -0.39 is 15.5 Å². The van der Waals surface area contributed by atoms with Crippen LogP contribution in [-0.2, 0) is 14.6 Å². The lowest BCUT2D eigenvalue weighted by Crippen LogP contribution is -2.38. The molecular formula is C21H19NO6S. The van der Waals surface area contributed by atoms with Crippen molar-refractivity contribution in [2.75, 3.05) is 18.1 Å². The Kier molecular flexibility index (Phi) is 5.10. The maximum absolute atomic E-state index is 12.3. The second-order valence-corrected chi connectivity index (χ2v) is 9.19. The normalized spacial score (nSPS) is 17.9. The van der Waals surface area contributed by atoms with Crippen molar-refractivity contribution in [2.45, 2.75) is 12.5 Å². The van der Waals surface area contributed by atoms with E-state index in [9.17, 15) is 18.0 Å². The van der Waals surface area contributed by atoms with E-state index in [1.54, 1.807) is 42.5 Å². The Labute approximate surface area is 167 Å². The van der Waals surface area contributed by atoms with Crippen LogP contribution in [-0.4, -0.2) is 38.5 Å². The van der Waals surface area contributed by atoms with Gasteiger partial charge >= 0.3 is 5.63 Å². The van der Waals surface area contributed by atoms with Gasteiger partial charge in [-0.25, -0.2) is 13.2 Å². The Morgan fingerprint density at radius 3 is 2.62 bits per heavy atom. The van der Waals surface area contributed by atoms with E-state index in [0.717, 1.165) is 5.39 Å². The lowest BCUT2D eigenvalue weighted by atomic mass is 10.1. The number of rotatable bonds is 5. The number of hydrogen-bond donors (Lipinski definition) is 1. The standard InChI is InChI=1S/C21H19NO6S/c23-20(22-16-9-10-29(25,26)13-16)12-27-17-7-5-14(6-8-17)18-11-15-3-1-2-4-19(15)28-21(18)24/h1-8,11,16H,9-10,12-13H2,(H,22,23). The zero-order chi connectivity index (χ0) is 20.4. The summed E-state index contributed by atoms with van der Waals surface area (Å²) in [5.74, 6) is 0.171. The van der Waals surface area contributed by atoms with Gasteiger partial charge in [-0.2, -0.15) is 0 Å². The molecule has 1 saturated heterocycles. The quantitative estimate of drug-likeness (QED) is 0.643. The number of fused-ring (bicyclic) bond motifs is 1. The van der Waals surface area contributed by atoms with Crippen molar-refractivity contribution in [3.8, 4) is 16.9 Å². The van der Waals surface area contributed by atoms with Crippen molar-refractivity contribution >= 4 is 26.7 Å². The van der Waals surface area contributed by atoms with Gasteiger partial charge in [-0.1, -0.05) is 30.3 Å². The third-order valence-electron chi connectivity index (χ3n) is 4.77. The van der Waals surface area contributed by atoms with Gasteiger partial charge in [-0.3, -0.25) is 4.79 Å². The predicted molar refractivity (Wildman–Crippen MR) is 109 cm³/mol. The van der Waals surface area contributed by atoms with Gasteiger partial charge in [0.15, 0.2) is 16.4 Å². The van der Waals surface area contributed by atoms with Crippen LogP contribution >= 0.6 is 0 Å². The maximum atomic E-state index is 12.3. The van der Waals surface area contributed by atoms with Gasteiger partial charge < -0.3 is 14.5 Å². The summed E-state index contributed by atoms with van der Waals surface area (Å²) in [7, 11) is -3.05. The van der Waals surface area contributed by atoms with Crippen LogP contribution in [0.1, 0.15) is 6.42 Å². The molecule has 1 aromatic heterocycles. The number of para-hydroxylation sites is 1. The summed E-state index contributed by atoms with van der Waals surface area (Å²) in [6, 6.07) is 15.5. The molecule has 1 amide bonds. The summed E-state index contributed by atoms with van der Waals surface area (Å²) < 4.78 is 33.7. The molecule has 1 unspecified atom stereocenters. The topological polar surface area (TPSA) is 103 Å². The van der Waals surface area contributed by atoms with Crippen LogP contribution in [0.25, 0.3) is 22.1 Å². The molecule has 1 N–H and O–H groups in total. The molecule has 1 atom stereocenters. The molecule has 0 bridgehead atoms. The van der Waals surface area contributed by atoms with Gasteiger partial charge in [0.1, 0.15) is 11.3 Å². The van der Waals surface area contributed by atoms with E-state index in [2.05, 4.69) is 5.32 Å². The molecule has 7 nitrogen and oxygen atoms in total. The van der Waals surface area contributed by atoms with E-state index in [4.69, 9.17) is 9.15 Å². The highest BCUT2D eigenvalue weighted by atomic mass is 32.2. The molecule has 4 rings (SSSR count). The van der Waals surface area contributed by atoms with Crippen LogP contribution in [0.4, 0.5) is 0 Å². The van der Waals surface area contributed by atoms with Crippen LogP contribution in [0, 0.1) is 0 Å². The molecule has 0 saturated carbocycles. The summed E-state index contributed by atoms with van der Waals surface area (Å²) in [4.78, 5) is 24.2. The Hall–Kier alpha value is -3.13. The van der Waals surface area contributed by atoms with E-state index in [1.807, 2.05) is 12.1 Å². The first-order valence-corrected chi connectivity index (χ1v) is 11.0. The first kappa shape index (κ1) is 19.2. The average Bonchev–Trinajstić information content (AvgIpc) is 3.04. The molecule has 3 aromatic rings. The second-order valence-electron chi connectivity index (χ2n) is 6.97. The SMILES string of the molecule is O=C(COc1ccc(-c2cc3ccccc3oc2=O)cc1)NC1CCS(=O)(=O)C1. The largest absolute Gasteiger partial charge is 0.484 e. The average molecular weight is 413 g/mol. The number of carbonyl (C=O) groups excluding carboxylic acids is 1. The number of hydrogen-bond acceptors (Lipinski definition) is 6. The van der Waals surface area contributed by atoms with Crippen LogP contribution in [0.2, 0.25) is 0 Å². The molecule has 2 aromatic carbocycles. The molecule has 1 aliphatic rings. The molecule has 1 aliphatic heterocycles. The zero-order valence-electron chi connectivity index (χ0n) is 15.5. The van der Waals surface area contributed by atoms with Crippen molar-refractivity contribution in [3.63, 3.8) is 0 Å². The summed E-state index contributed by atoms with van der Waals surface area (Å²) in [5, 5.41) is 3.50. The van der Waals surface area contributed by atoms with E-state index in [0.29, 0.717) is 28.9 Å². The minimum absolute atomic E-state index is 0.0260. The fourth-order valence-electron chi connectivity index (χ4n) is 3.32. The van der Waals surface area contributed by atoms with Crippen molar-refractivity contribution in [3.05, 3.63) is 65.0 Å². The minimum Gasteiger partial charge on any atom is -0.484 e. The molecule has 0 aliphatic carbocycles. The summed E-state index contributed by atoms with van der Waals surface area (Å²) >= 11 is 0. The fraction of sp³-hybridized carbons (Fsp3) is 0.238. The number of amides is 1. The molecule has 1 fully saturated rings. The van der Waals surface area contributed by atoms with Crippen molar-refractivity contribution in [1.82, 2.24) is 5.32 Å². The smallest absolute Gasteiger partial charge is 0.344 e. The molecule has 150 valence electrons. The third-order valence-corrected chi connectivity index (χ3v) is 6.54. The second kappa shape index (κ2) is 7.71. The summed E-state index contributed by atoms with van der Waals surface area (Å²) in [6.07, 6.45) is 0.428. The van der Waals surface area contributed by atoms with E-state index >= 15 is 0 Å². The number of sulfone groups is 1. The summed E-state index contributed by atoms with van der Waals surface area (Å²) in [5.41, 5.74) is 1.22. The molecular weight excluding hydrogens is 394 g/mol. The molecule has 0 radical (unpaired) electrons. The van der Waals surface area contributed by atoms with Gasteiger partial charge in [0.2, 0.25) is 0 Å². The minimum atomic E-state index is -3.05. The Morgan fingerprint density at radius 2 is 1.90 bits per heavy atom. The lowest BCUT2D eigenvalue weighted by Gasteiger charge is -2.12. The molecule has 8 heteroatoms. The Balaban J connectivity index is 1.40. The zero-order valence-corrected chi connectivity index (χ0v) is 16.3. The molecule has 29 heavy (non-hydrogen) atoms. The van der Waals surface area contributed by atoms with Crippen LogP contribution in [0.5, 0.6) is 5.75 Å². The van der Waals surface area contributed by atoms with Gasteiger partial charge in [-0.15, -0.1) is 0 Å². The van der Waals surface area contributed by atoms with Crippen molar-refractivity contribution < 1.29 is 22.4 Å². The summed E-state index contributed by atoms with van der Waals surface area (Å²) in [6.45, 7) is -0.214. The van der Waals surface area contributed by atoms with Crippen LogP contribution in [0.3, 0.4) is 0 Å². The highest BCUT2D eigenvalue weighted by Gasteiger charge is 2.28. The Morgan fingerprint density at radius 1 is 1.14 bits per heavy atom. The monoisotopic (exact) mass is 413 g/mol.